The van der Waals surface area contributed by atoms with Crippen LogP contribution in [0.2, 0.25) is 5.02 Å². The van der Waals surface area contributed by atoms with Gasteiger partial charge in [-0.2, -0.15) is 4.98 Å². The van der Waals surface area contributed by atoms with Gasteiger partial charge in [-0.15, -0.1) is 11.3 Å². The molecule has 0 atom stereocenters. The summed E-state index contributed by atoms with van der Waals surface area (Å²) in [6.45, 7) is 2.06. The van der Waals surface area contributed by atoms with Crippen LogP contribution in [0.4, 0.5) is 17.5 Å². The van der Waals surface area contributed by atoms with Crippen molar-refractivity contribution in [1.82, 2.24) is 9.97 Å². The zero-order chi connectivity index (χ0) is 14.1. The number of halogens is 1. The van der Waals surface area contributed by atoms with Crippen LogP contribution in [0.1, 0.15) is 4.88 Å². The zero-order valence-corrected chi connectivity index (χ0v) is 12.6. The Labute approximate surface area is 125 Å². The monoisotopic (exact) mass is 304 g/mol. The van der Waals surface area contributed by atoms with Crippen LogP contribution >= 0.6 is 22.9 Å². The molecule has 0 saturated heterocycles. The maximum atomic E-state index is 6.01. The normalized spacial score (nSPS) is 10.8. The Morgan fingerprint density at radius 3 is 2.80 bits per heavy atom. The molecule has 3 rings (SSSR count). The predicted octanol–water partition coefficient (Wildman–Crippen LogP) is 4.44. The van der Waals surface area contributed by atoms with Crippen molar-refractivity contribution in [2.45, 2.75) is 6.92 Å². The highest BCUT2D eigenvalue weighted by Gasteiger charge is 2.10. The number of rotatable bonds is 3. The Bertz CT molecular complexity index is 769. The van der Waals surface area contributed by atoms with E-state index < -0.39 is 0 Å². The molecular weight excluding hydrogens is 292 g/mol. The van der Waals surface area contributed by atoms with Crippen LogP contribution in [-0.2, 0) is 0 Å². The maximum absolute atomic E-state index is 6.01. The van der Waals surface area contributed by atoms with Gasteiger partial charge in [-0.3, -0.25) is 0 Å². The Morgan fingerprint density at radius 1 is 1.20 bits per heavy atom. The second-order valence-electron chi connectivity index (χ2n) is 4.36. The number of nitrogens with zero attached hydrogens (tertiary/aromatic N) is 2. The molecule has 3 aromatic rings. The average molecular weight is 305 g/mol. The number of anilines is 3. The molecule has 2 N–H and O–H groups in total. The van der Waals surface area contributed by atoms with E-state index in [1.54, 1.807) is 11.3 Å². The minimum Gasteiger partial charge on any atom is -0.357 e. The molecule has 0 saturated carbocycles. The molecule has 2 heterocycles. The molecule has 2 aromatic heterocycles. The second kappa shape index (κ2) is 5.26. The summed E-state index contributed by atoms with van der Waals surface area (Å²) in [5.74, 6) is 1.38. The summed E-state index contributed by atoms with van der Waals surface area (Å²) in [5.41, 5.74) is 0.906. The van der Waals surface area contributed by atoms with Crippen molar-refractivity contribution in [1.29, 1.82) is 0 Å². The van der Waals surface area contributed by atoms with Crippen LogP contribution in [0.25, 0.3) is 10.2 Å². The number of aromatic nitrogens is 2. The highest BCUT2D eigenvalue weighted by molar-refractivity contribution is 7.18. The lowest BCUT2D eigenvalue weighted by Crippen LogP contribution is -2.00. The van der Waals surface area contributed by atoms with Crippen molar-refractivity contribution in [3.63, 3.8) is 0 Å². The molecule has 0 fully saturated rings. The summed E-state index contributed by atoms with van der Waals surface area (Å²) >= 11 is 7.66. The van der Waals surface area contributed by atoms with Crippen molar-refractivity contribution in [2.75, 3.05) is 17.7 Å². The smallest absolute Gasteiger partial charge is 0.225 e. The van der Waals surface area contributed by atoms with Crippen LogP contribution in [0, 0.1) is 6.92 Å². The summed E-state index contributed by atoms with van der Waals surface area (Å²) in [6.07, 6.45) is 0. The van der Waals surface area contributed by atoms with E-state index in [4.69, 9.17) is 11.6 Å². The minimum absolute atomic E-state index is 0.601. The van der Waals surface area contributed by atoms with Gasteiger partial charge in [0.15, 0.2) is 0 Å². The second-order valence-corrected chi connectivity index (χ2v) is 6.03. The van der Waals surface area contributed by atoms with E-state index in [2.05, 4.69) is 33.6 Å². The van der Waals surface area contributed by atoms with Crippen LogP contribution in [0.15, 0.2) is 30.3 Å². The third kappa shape index (κ3) is 2.55. The number of thiophene rings is 1. The standard InChI is InChI=1S/C14H13ClN4S/c1-8-6-11-12(17-10-5-3-4-9(15)7-10)18-14(16-2)19-13(11)20-8/h3-7H,1-2H3,(H2,16,17,18,19). The number of hydrogen-bond donors (Lipinski definition) is 2. The molecule has 1 aromatic carbocycles. The Kier molecular flexibility index (Phi) is 3.46. The number of aryl methyl sites for hydroxylation is 1. The first-order valence-corrected chi connectivity index (χ1v) is 7.33. The first-order valence-electron chi connectivity index (χ1n) is 6.14. The molecule has 0 aliphatic heterocycles. The van der Waals surface area contributed by atoms with E-state index in [9.17, 15) is 0 Å². The van der Waals surface area contributed by atoms with Gasteiger partial charge in [0.25, 0.3) is 0 Å². The van der Waals surface area contributed by atoms with E-state index in [1.165, 1.54) is 4.88 Å². The van der Waals surface area contributed by atoms with Crippen molar-refractivity contribution in [2.24, 2.45) is 0 Å². The summed E-state index contributed by atoms with van der Waals surface area (Å²) < 4.78 is 0. The van der Waals surface area contributed by atoms with E-state index in [0.717, 1.165) is 21.7 Å². The summed E-state index contributed by atoms with van der Waals surface area (Å²) in [7, 11) is 1.81. The lowest BCUT2D eigenvalue weighted by molar-refractivity contribution is 1.20. The fraction of sp³-hybridized carbons (Fsp3) is 0.143. The first kappa shape index (κ1) is 13.1. The van der Waals surface area contributed by atoms with Gasteiger partial charge in [-0.1, -0.05) is 17.7 Å². The Balaban J connectivity index is 2.09. The first-order chi connectivity index (χ1) is 9.65. The molecule has 20 heavy (non-hydrogen) atoms. The van der Waals surface area contributed by atoms with Crippen LogP contribution in [0.3, 0.4) is 0 Å². The van der Waals surface area contributed by atoms with Gasteiger partial charge in [-0.05, 0) is 31.2 Å². The fourth-order valence-corrected chi connectivity index (χ4v) is 3.02. The molecule has 6 heteroatoms. The number of hydrogen-bond acceptors (Lipinski definition) is 5. The minimum atomic E-state index is 0.601. The third-order valence-corrected chi connectivity index (χ3v) is 4.01. The van der Waals surface area contributed by atoms with Gasteiger partial charge in [0.1, 0.15) is 10.6 Å². The SMILES string of the molecule is CNc1nc(Nc2cccc(Cl)c2)c2cc(C)sc2n1. The molecule has 4 nitrogen and oxygen atoms in total. The van der Waals surface area contributed by atoms with Crippen molar-refractivity contribution < 1.29 is 0 Å². The quantitative estimate of drug-likeness (QED) is 0.751. The van der Waals surface area contributed by atoms with Crippen molar-refractivity contribution >= 4 is 50.6 Å². The van der Waals surface area contributed by atoms with E-state index in [1.807, 2.05) is 31.3 Å². The van der Waals surface area contributed by atoms with Crippen LogP contribution in [-0.4, -0.2) is 17.0 Å². The highest BCUT2D eigenvalue weighted by atomic mass is 35.5. The van der Waals surface area contributed by atoms with E-state index in [0.29, 0.717) is 11.0 Å². The lowest BCUT2D eigenvalue weighted by atomic mass is 10.3. The summed E-state index contributed by atoms with van der Waals surface area (Å²) in [5, 5.41) is 8.00. The van der Waals surface area contributed by atoms with Gasteiger partial charge >= 0.3 is 0 Å². The van der Waals surface area contributed by atoms with Crippen molar-refractivity contribution in [3.05, 3.63) is 40.2 Å². The predicted molar refractivity (Wildman–Crippen MR) is 86.4 cm³/mol. The van der Waals surface area contributed by atoms with Gasteiger partial charge in [-0.25, -0.2) is 4.98 Å². The number of fused-ring (bicyclic) bond motifs is 1. The zero-order valence-electron chi connectivity index (χ0n) is 11.1. The maximum Gasteiger partial charge on any atom is 0.225 e. The van der Waals surface area contributed by atoms with E-state index >= 15 is 0 Å². The molecule has 102 valence electrons. The average Bonchev–Trinajstić information content (AvgIpc) is 2.79. The fourth-order valence-electron chi connectivity index (χ4n) is 1.95. The Morgan fingerprint density at radius 2 is 2.05 bits per heavy atom. The van der Waals surface area contributed by atoms with E-state index in [-0.39, 0.29) is 0 Å². The summed E-state index contributed by atoms with van der Waals surface area (Å²) in [6, 6.07) is 9.66. The van der Waals surface area contributed by atoms with Crippen molar-refractivity contribution in [3.8, 4) is 0 Å². The molecule has 0 radical (unpaired) electrons. The van der Waals surface area contributed by atoms with Crippen LogP contribution < -0.4 is 10.6 Å². The molecular formula is C14H13ClN4S. The molecule has 0 bridgehead atoms. The number of nitrogens with one attached hydrogen (secondary N) is 2. The molecule has 0 amide bonds. The van der Waals surface area contributed by atoms with Gasteiger partial charge < -0.3 is 10.6 Å². The molecule has 0 unspecified atom stereocenters. The highest BCUT2D eigenvalue weighted by Crippen LogP contribution is 2.31. The largest absolute Gasteiger partial charge is 0.357 e. The Hall–Kier alpha value is -1.85. The van der Waals surface area contributed by atoms with Gasteiger partial charge in [0, 0.05) is 22.6 Å². The molecule has 0 spiro atoms. The third-order valence-electron chi connectivity index (χ3n) is 2.83. The topological polar surface area (TPSA) is 49.8 Å². The summed E-state index contributed by atoms with van der Waals surface area (Å²) in [4.78, 5) is 11.1. The number of benzene rings is 1. The lowest BCUT2D eigenvalue weighted by Gasteiger charge is -2.08. The molecule has 0 aliphatic carbocycles. The molecule has 0 aliphatic rings. The van der Waals surface area contributed by atoms with Crippen LogP contribution in [0.5, 0.6) is 0 Å². The van der Waals surface area contributed by atoms with Gasteiger partial charge in [0.2, 0.25) is 5.95 Å². The van der Waals surface area contributed by atoms with Gasteiger partial charge in [0.05, 0.1) is 5.39 Å².